The van der Waals surface area contributed by atoms with E-state index in [4.69, 9.17) is 22.2 Å². The van der Waals surface area contributed by atoms with Crippen LogP contribution in [0, 0.1) is 0 Å². The first-order valence-corrected chi connectivity index (χ1v) is 17.6. The Kier molecular flexibility index (Phi) is 12.7. The maximum absolute atomic E-state index is 13.2. The molecule has 4 rings (SSSR count). The van der Waals surface area contributed by atoms with Gasteiger partial charge in [0.05, 0.1) is 5.69 Å². The van der Waals surface area contributed by atoms with Gasteiger partial charge in [-0.15, -0.1) is 16.9 Å². The number of carbonyl (C=O) groups excluding carboxylic acids is 2. The van der Waals surface area contributed by atoms with Gasteiger partial charge in [-0.3, -0.25) is 14.5 Å². The fourth-order valence-electron chi connectivity index (χ4n) is 3.81. The van der Waals surface area contributed by atoms with Crippen LogP contribution in [0.15, 0.2) is 20.0 Å². The van der Waals surface area contributed by atoms with E-state index in [1.54, 1.807) is 11.8 Å². The largest absolute Gasteiger partial charge is 0.477 e. The van der Waals surface area contributed by atoms with E-state index in [9.17, 15) is 23.9 Å². The summed E-state index contributed by atoms with van der Waals surface area (Å²) in [5.41, 5.74) is 5.81. The smallest absolute Gasteiger partial charge is 0.353 e. The van der Waals surface area contributed by atoms with Crippen LogP contribution in [0.5, 0.6) is 0 Å². The number of likely N-dealkylation sites (N-methyl/N-ethyl adjacent to an activating group) is 1. The van der Waals surface area contributed by atoms with E-state index in [-0.39, 0.29) is 32.3 Å². The van der Waals surface area contributed by atoms with Crippen LogP contribution in [-0.4, -0.2) is 111 Å². The first kappa shape index (κ1) is 33.7. The molecule has 0 spiro atoms. The van der Waals surface area contributed by atoms with E-state index in [1.165, 1.54) is 35.1 Å². The summed E-state index contributed by atoms with van der Waals surface area (Å²) in [6.45, 7) is 1.34. The molecule has 0 saturated carbocycles. The van der Waals surface area contributed by atoms with Gasteiger partial charge in [-0.2, -0.15) is 11.8 Å². The minimum atomic E-state index is -1.27. The lowest BCUT2D eigenvalue weighted by Gasteiger charge is -2.49. The number of thioether (sulfide) groups is 3. The number of hydrogen-bond donors (Lipinski definition) is 5. The molecule has 2 aromatic rings. The number of anilines is 1. The Morgan fingerprint density at radius 2 is 2.16 bits per heavy atom. The molecule has 2 atom stereocenters. The Balaban J connectivity index is 1.43. The van der Waals surface area contributed by atoms with Crippen LogP contribution in [0.4, 0.5) is 9.52 Å². The van der Waals surface area contributed by atoms with Crippen molar-refractivity contribution in [1.29, 1.82) is 0 Å². The zero-order chi connectivity index (χ0) is 30.9. The molecule has 2 aromatic heterocycles. The van der Waals surface area contributed by atoms with Crippen LogP contribution in [0.3, 0.4) is 0 Å². The van der Waals surface area contributed by atoms with E-state index in [0.717, 1.165) is 51.5 Å². The summed E-state index contributed by atoms with van der Waals surface area (Å²) < 4.78 is 17.4. The number of carbonyl (C=O) groups is 3. The number of hydrogen-bond acceptors (Lipinski definition) is 16. The van der Waals surface area contributed by atoms with Crippen LogP contribution >= 0.6 is 69.8 Å². The molecule has 1 fully saturated rings. The first-order valence-electron chi connectivity index (χ1n) is 12.6. The van der Waals surface area contributed by atoms with Crippen molar-refractivity contribution in [3.8, 4) is 0 Å². The quantitative estimate of drug-likeness (QED) is 0.0684. The maximum atomic E-state index is 13.2. The lowest BCUT2D eigenvalue weighted by atomic mass is 10.0. The van der Waals surface area contributed by atoms with Gasteiger partial charge in [0.25, 0.3) is 11.8 Å². The minimum Gasteiger partial charge on any atom is -0.477 e. The molecule has 21 heteroatoms. The highest BCUT2D eigenvalue weighted by atomic mass is 35.5. The number of halogens is 2. The fourth-order valence-corrected chi connectivity index (χ4v) is 9.10. The monoisotopic (exact) mass is 711 g/mol. The van der Waals surface area contributed by atoms with Crippen LogP contribution in [0.1, 0.15) is 11.4 Å². The van der Waals surface area contributed by atoms with Crippen LogP contribution in [0.2, 0.25) is 4.34 Å². The Morgan fingerprint density at radius 1 is 1.35 bits per heavy atom. The summed E-state index contributed by atoms with van der Waals surface area (Å²) in [6.07, 6.45) is 0. The Hall–Kier alpha value is -2.20. The summed E-state index contributed by atoms with van der Waals surface area (Å²) in [5.74, 6) is -0.973. The van der Waals surface area contributed by atoms with Crippen molar-refractivity contribution in [2.45, 2.75) is 21.4 Å². The number of fused-ring (bicyclic) bond motifs is 1. The molecular formula is C22H27ClFN9O5S5. The number of nitrogens with one attached hydrogen (secondary N) is 3. The van der Waals surface area contributed by atoms with Crippen molar-refractivity contribution in [3.05, 3.63) is 26.3 Å². The number of nitrogen functional groups attached to an aromatic ring is 1. The van der Waals surface area contributed by atoms with Gasteiger partial charge in [-0.1, -0.05) is 44.3 Å². The van der Waals surface area contributed by atoms with Gasteiger partial charge in [0.2, 0.25) is 0 Å². The summed E-state index contributed by atoms with van der Waals surface area (Å²) in [6, 6.07) is -1.06. The second-order valence-electron chi connectivity index (χ2n) is 8.59. The SMILES string of the molecule is CNCCNCCSCc1nnsc1SC1=C(C(=O)O)N2C(=O)[C@@H](NC(=O)/C(=N\OCCF)c3nc(N)sc3Cl)[C@@H]2SC1. The van der Waals surface area contributed by atoms with Gasteiger partial charge in [0.1, 0.15) is 44.6 Å². The Bertz CT molecular complexity index is 1390. The van der Waals surface area contributed by atoms with Crippen LogP contribution in [-0.2, 0) is 25.0 Å². The number of oxime groups is 1. The molecular weight excluding hydrogens is 685 g/mol. The third kappa shape index (κ3) is 8.29. The van der Waals surface area contributed by atoms with E-state index >= 15 is 0 Å². The van der Waals surface area contributed by atoms with Crippen molar-refractivity contribution in [2.75, 3.05) is 57.2 Å². The minimum absolute atomic E-state index is 0.0538. The van der Waals surface area contributed by atoms with Gasteiger partial charge in [0, 0.05) is 41.8 Å². The zero-order valence-electron chi connectivity index (χ0n) is 22.5. The second kappa shape index (κ2) is 16.2. The number of nitrogens with zero attached hydrogens (tertiary/aromatic N) is 5. The predicted molar refractivity (Wildman–Crippen MR) is 168 cm³/mol. The number of carboxylic acids is 1. The molecule has 2 amide bonds. The van der Waals surface area contributed by atoms with E-state index in [1.807, 2.05) is 7.05 Å². The zero-order valence-corrected chi connectivity index (χ0v) is 27.3. The van der Waals surface area contributed by atoms with Gasteiger partial charge < -0.3 is 31.6 Å². The van der Waals surface area contributed by atoms with Crippen molar-refractivity contribution >= 4 is 98.4 Å². The summed E-state index contributed by atoms with van der Waals surface area (Å²) in [7, 11) is 1.90. The number of thiazole rings is 1. The summed E-state index contributed by atoms with van der Waals surface area (Å²) in [4.78, 5) is 49.1. The molecule has 0 aromatic carbocycles. The van der Waals surface area contributed by atoms with Crippen molar-refractivity contribution in [2.24, 2.45) is 5.16 Å². The molecule has 4 heterocycles. The molecule has 6 N–H and O–H groups in total. The molecule has 14 nitrogen and oxygen atoms in total. The molecule has 234 valence electrons. The van der Waals surface area contributed by atoms with Crippen LogP contribution in [0.25, 0.3) is 0 Å². The number of aliphatic carboxylic acids is 1. The molecule has 43 heavy (non-hydrogen) atoms. The summed E-state index contributed by atoms with van der Waals surface area (Å²) in [5, 5.41) is 26.3. The normalized spacial score (nSPS) is 18.4. The number of nitrogens with two attached hydrogens (primary N) is 1. The number of amides is 2. The molecule has 0 aliphatic carbocycles. The number of aromatic nitrogens is 3. The summed E-state index contributed by atoms with van der Waals surface area (Å²) >= 11 is 12.4. The Morgan fingerprint density at radius 3 is 2.86 bits per heavy atom. The van der Waals surface area contributed by atoms with Crippen molar-refractivity contribution < 1.29 is 28.7 Å². The molecule has 2 aliphatic rings. The molecule has 2 aliphatic heterocycles. The van der Waals surface area contributed by atoms with Gasteiger partial charge in [-0.25, -0.2) is 14.2 Å². The predicted octanol–water partition coefficient (Wildman–Crippen LogP) is 1.45. The molecule has 1 saturated heterocycles. The lowest BCUT2D eigenvalue weighted by Crippen LogP contribution is -2.71. The number of rotatable bonds is 17. The number of carboxylic acid groups (broad SMARTS) is 1. The van der Waals surface area contributed by atoms with Gasteiger partial charge in [0.15, 0.2) is 10.8 Å². The average molecular weight is 712 g/mol. The highest BCUT2D eigenvalue weighted by molar-refractivity contribution is 8.07. The molecule has 0 bridgehead atoms. The van der Waals surface area contributed by atoms with Gasteiger partial charge >= 0.3 is 5.97 Å². The van der Waals surface area contributed by atoms with E-state index in [2.05, 4.69) is 35.7 Å². The van der Waals surface area contributed by atoms with Crippen molar-refractivity contribution in [1.82, 2.24) is 35.4 Å². The Labute approximate surface area is 271 Å². The standard InChI is InChI=1S/C22H27ClFN9O5S5/c1-26-3-4-27-5-7-39-8-10-21(43-32-30-10)41-11-9-40-19-14(18(35)33(19)15(11)20(36)37)28-17(34)13(31-38-6-2-24)12-16(23)42-22(25)29-12/h14,19,26-27H,2-9H2,1H3,(H2,25,29)(H,28,34)(H,36,37)/b31-13-/t14-,19+/m1/s1. The molecule has 0 unspecified atom stereocenters. The topological polar surface area (TPSA) is 197 Å². The third-order valence-electron chi connectivity index (χ3n) is 5.74. The van der Waals surface area contributed by atoms with Crippen LogP contribution < -0.4 is 21.7 Å². The lowest BCUT2D eigenvalue weighted by molar-refractivity contribution is -0.150. The highest BCUT2D eigenvalue weighted by Crippen LogP contribution is 2.46. The maximum Gasteiger partial charge on any atom is 0.353 e. The van der Waals surface area contributed by atoms with E-state index < -0.39 is 42.5 Å². The number of alkyl halides is 1. The highest BCUT2D eigenvalue weighted by Gasteiger charge is 2.54. The molecule has 0 radical (unpaired) electrons. The fraction of sp³-hybridized carbons (Fsp3) is 0.500. The average Bonchev–Trinajstić information content (AvgIpc) is 3.57. The second-order valence-corrected chi connectivity index (χ2v) is 14.6. The first-order chi connectivity index (χ1) is 20.8. The third-order valence-corrected chi connectivity index (χ3v) is 11.3. The van der Waals surface area contributed by atoms with Crippen molar-refractivity contribution in [3.63, 3.8) is 0 Å². The van der Waals surface area contributed by atoms with Gasteiger partial charge in [-0.05, 0) is 18.6 Å². The number of β-lactam (4-membered cyclic amide) rings is 1. The van der Waals surface area contributed by atoms with E-state index in [0.29, 0.717) is 10.7 Å².